The topological polar surface area (TPSA) is 68.0 Å². The minimum absolute atomic E-state index is 0.156. The number of carbonyl (C=O) groups excluding carboxylic acids is 1. The Hall–Kier alpha value is -1.44. The van der Waals surface area contributed by atoms with E-state index in [0.717, 1.165) is 3.57 Å². The van der Waals surface area contributed by atoms with Gasteiger partial charge >= 0.3 is 0 Å². The lowest BCUT2D eigenvalue weighted by Gasteiger charge is -2.09. The highest BCUT2D eigenvalue weighted by Gasteiger charge is 2.16. The number of rotatable bonds is 3. The van der Waals surface area contributed by atoms with Crippen LogP contribution in [0.4, 0.5) is 0 Å². The molecular formula is C12H12IN3O2. The van der Waals surface area contributed by atoms with Gasteiger partial charge in [0.05, 0.1) is 0 Å². The molecule has 1 amide bonds. The van der Waals surface area contributed by atoms with Crippen molar-refractivity contribution in [3.05, 3.63) is 45.1 Å². The maximum Gasteiger partial charge on any atom is 0.251 e. The number of hydrogen-bond donors (Lipinski definition) is 1. The first-order valence-electron chi connectivity index (χ1n) is 5.43. The van der Waals surface area contributed by atoms with Crippen LogP contribution in [0.25, 0.3) is 0 Å². The van der Waals surface area contributed by atoms with Gasteiger partial charge in [0.1, 0.15) is 6.04 Å². The Balaban J connectivity index is 2.08. The van der Waals surface area contributed by atoms with Crippen LogP contribution in [0, 0.1) is 10.5 Å². The summed E-state index contributed by atoms with van der Waals surface area (Å²) in [5, 5.41) is 6.51. The van der Waals surface area contributed by atoms with Crippen LogP contribution < -0.4 is 5.32 Å². The summed E-state index contributed by atoms with van der Waals surface area (Å²) in [4.78, 5) is 16.1. The molecule has 0 saturated heterocycles. The summed E-state index contributed by atoms with van der Waals surface area (Å²) >= 11 is 2.17. The van der Waals surface area contributed by atoms with Crippen LogP contribution >= 0.6 is 22.6 Å². The molecule has 1 unspecified atom stereocenters. The van der Waals surface area contributed by atoms with E-state index in [2.05, 4.69) is 38.0 Å². The Morgan fingerprint density at radius 3 is 2.89 bits per heavy atom. The van der Waals surface area contributed by atoms with Crippen LogP contribution in [0.3, 0.4) is 0 Å². The first-order valence-corrected chi connectivity index (χ1v) is 6.51. The van der Waals surface area contributed by atoms with Gasteiger partial charge in [-0.3, -0.25) is 4.79 Å². The molecule has 94 valence electrons. The standard InChI is InChI=1S/C12H12IN3O2/c1-7(12-15-8(2)16-18-12)14-11(17)9-4-3-5-10(13)6-9/h3-7H,1-2H3,(H,14,17). The second kappa shape index (κ2) is 5.47. The second-order valence-corrected chi connectivity index (χ2v) is 5.13. The summed E-state index contributed by atoms with van der Waals surface area (Å²) in [6, 6.07) is 7.06. The lowest BCUT2D eigenvalue weighted by Crippen LogP contribution is -2.26. The highest BCUT2D eigenvalue weighted by Crippen LogP contribution is 2.12. The average molecular weight is 357 g/mol. The Labute approximate surface area is 118 Å². The molecule has 2 aromatic rings. The number of aromatic nitrogens is 2. The molecule has 0 radical (unpaired) electrons. The number of nitrogens with one attached hydrogen (secondary N) is 1. The van der Waals surface area contributed by atoms with E-state index in [0.29, 0.717) is 17.3 Å². The lowest BCUT2D eigenvalue weighted by molar-refractivity contribution is 0.0932. The smallest absolute Gasteiger partial charge is 0.251 e. The minimum atomic E-state index is -0.309. The molecule has 1 heterocycles. The highest BCUT2D eigenvalue weighted by molar-refractivity contribution is 14.1. The maximum absolute atomic E-state index is 12.0. The zero-order valence-electron chi connectivity index (χ0n) is 9.98. The zero-order chi connectivity index (χ0) is 13.1. The predicted octanol–water partition coefficient (Wildman–Crippen LogP) is 2.47. The van der Waals surface area contributed by atoms with E-state index in [9.17, 15) is 4.79 Å². The first-order chi connectivity index (χ1) is 8.56. The Bertz CT molecular complexity index is 568. The van der Waals surface area contributed by atoms with Crippen molar-refractivity contribution in [1.29, 1.82) is 0 Å². The second-order valence-electron chi connectivity index (χ2n) is 3.89. The molecule has 0 aliphatic carbocycles. The van der Waals surface area contributed by atoms with Crippen LogP contribution in [-0.4, -0.2) is 16.0 Å². The summed E-state index contributed by atoms with van der Waals surface area (Å²) < 4.78 is 6.02. The zero-order valence-corrected chi connectivity index (χ0v) is 12.1. The first kappa shape index (κ1) is 13.0. The van der Waals surface area contributed by atoms with Crippen molar-refractivity contribution >= 4 is 28.5 Å². The SMILES string of the molecule is Cc1noc(C(C)NC(=O)c2cccc(I)c2)n1. The van der Waals surface area contributed by atoms with Gasteiger partial charge in [-0.1, -0.05) is 11.2 Å². The van der Waals surface area contributed by atoms with Crippen molar-refractivity contribution in [3.63, 3.8) is 0 Å². The molecule has 0 aliphatic rings. The van der Waals surface area contributed by atoms with Gasteiger partial charge in [0.25, 0.3) is 5.91 Å². The number of amides is 1. The quantitative estimate of drug-likeness (QED) is 0.857. The van der Waals surface area contributed by atoms with Gasteiger partial charge in [-0.15, -0.1) is 0 Å². The third kappa shape index (κ3) is 3.06. The number of aryl methyl sites for hydroxylation is 1. The predicted molar refractivity (Wildman–Crippen MR) is 74.1 cm³/mol. The number of carbonyl (C=O) groups is 1. The molecule has 5 nitrogen and oxygen atoms in total. The van der Waals surface area contributed by atoms with Crippen molar-refractivity contribution in [2.45, 2.75) is 19.9 Å². The molecule has 1 atom stereocenters. The molecule has 0 aliphatic heterocycles. The van der Waals surface area contributed by atoms with Gasteiger partial charge in [0, 0.05) is 9.13 Å². The van der Waals surface area contributed by atoms with Gasteiger partial charge < -0.3 is 9.84 Å². The fourth-order valence-corrected chi connectivity index (χ4v) is 2.00. The number of benzene rings is 1. The molecule has 6 heteroatoms. The molecule has 0 saturated carbocycles. The largest absolute Gasteiger partial charge is 0.341 e. The molecule has 2 rings (SSSR count). The summed E-state index contributed by atoms with van der Waals surface area (Å²) in [7, 11) is 0. The van der Waals surface area contributed by atoms with Crippen molar-refractivity contribution in [2.24, 2.45) is 0 Å². The van der Waals surface area contributed by atoms with Gasteiger partial charge in [0.2, 0.25) is 5.89 Å². The highest BCUT2D eigenvalue weighted by atomic mass is 127. The minimum Gasteiger partial charge on any atom is -0.341 e. The van der Waals surface area contributed by atoms with E-state index in [1.807, 2.05) is 18.2 Å². The van der Waals surface area contributed by atoms with Crippen molar-refractivity contribution in [3.8, 4) is 0 Å². The molecule has 0 bridgehead atoms. The molecule has 0 spiro atoms. The Morgan fingerprint density at radius 1 is 1.50 bits per heavy atom. The number of hydrogen-bond acceptors (Lipinski definition) is 4. The normalized spacial score (nSPS) is 12.2. The van der Waals surface area contributed by atoms with Crippen LogP contribution in [0.15, 0.2) is 28.8 Å². The number of halogens is 1. The molecule has 1 aromatic heterocycles. The fraction of sp³-hybridized carbons (Fsp3) is 0.250. The Kier molecular flexibility index (Phi) is 3.95. The van der Waals surface area contributed by atoms with Gasteiger partial charge in [0.15, 0.2) is 5.82 Å². The van der Waals surface area contributed by atoms with Crippen LogP contribution in [-0.2, 0) is 0 Å². The van der Waals surface area contributed by atoms with Crippen molar-refractivity contribution < 1.29 is 9.32 Å². The van der Waals surface area contributed by atoms with Crippen molar-refractivity contribution in [2.75, 3.05) is 0 Å². The molecule has 18 heavy (non-hydrogen) atoms. The third-order valence-corrected chi connectivity index (χ3v) is 3.02. The summed E-state index contributed by atoms with van der Waals surface area (Å²) in [6.45, 7) is 3.54. The monoisotopic (exact) mass is 357 g/mol. The summed E-state index contributed by atoms with van der Waals surface area (Å²) in [5.41, 5.74) is 0.616. The van der Waals surface area contributed by atoms with Gasteiger partial charge in [-0.05, 0) is 54.6 Å². The van der Waals surface area contributed by atoms with Gasteiger partial charge in [-0.25, -0.2) is 0 Å². The van der Waals surface area contributed by atoms with Crippen LogP contribution in [0.2, 0.25) is 0 Å². The maximum atomic E-state index is 12.0. The molecule has 0 fully saturated rings. The molecule has 1 N–H and O–H groups in total. The van der Waals surface area contributed by atoms with Crippen molar-refractivity contribution in [1.82, 2.24) is 15.5 Å². The van der Waals surface area contributed by atoms with E-state index < -0.39 is 0 Å². The molecular weight excluding hydrogens is 345 g/mol. The van der Waals surface area contributed by atoms with Gasteiger partial charge in [-0.2, -0.15) is 4.98 Å². The average Bonchev–Trinajstić information content (AvgIpc) is 2.76. The van der Waals surface area contributed by atoms with E-state index >= 15 is 0 Å². The van der Waals surface area contributed by atoms with Crippen LogP contribution in [0.5, 0.6) is 0 Å². The van der Waals surface area contributed by atoms with E-state index in [-0.39, 0.29) is 11.9 Å². The fourth-order valence-electron chi connectivity index (χ4n) is 1.46. The molecule has 1 aromatic carbocycles. The number of nitrogens with zero attached hydrogens (tertiary/aromatic N) is 2. The lowest BCUT2D eigenvalue weighted by atomic mass is 10.2. The van der Waals surface area contributed by atoms with E-state index in [1.165, 1.54) is 0 Å². The Morgan fingerprint density at radius 2 is 2.28 bits per heavy atom. The van der Waals surface area contributed by atoms with Crippen LogP contribution in [0.1, 0.15) is 35.0 Å². The third-order valence-electron chi connectivity index (χ3n) is 2.35. The summed E-state index contributed by atoms with van der Waals surface area (Å²) in [5.74, 6) is 0.809. The summed E-state index contributed by atoms with van der Waals surface area (Å²) in [6.07, 6.45) is 0. The van der Waals surface area contributed by atoms with E-state index in [4.69, 9.17) is 4.52 Å². The van der Waals surface area contributed by atoms with E-state index in [1.54, 1.807) is 19.9 Å².